The van der Waals surface area contributed by atoms with Gasteiger partial charge in [-0.05, 0) is 0 Å². The first kappa shape index (κ1) is 13.6. The summed E-state index contributed by atoms with van der Waals surface area (Å²) in [7, 11) is 0. The Morgan fingerprint density at radius 1 is 1.53 bits per heavy atom. The molecule has 0 saturated heterocycles. The summed E-state index contributed by atoms with van der Waals surface area (Å²) >= 11 is 2.90. The number of halogens is 4. The van der Waals surface area contributed by atoms with E-state index in [2.05, 4.69) is 20.7 Å². The zero-order valence-electron chi connectivity index (χ0n) is 7.97. The monoisotopic (exact) mass is 315 g/mol. The number of carboxylic acid groups (broad SMARTS) is 1. The van der Waals surface area contributed by atoms with E-state index in [-0.39, 0.29) is 10.9 Å². The van der Waals surface area contributed by atoms with Crippen molar-refractivity contribution >= 4 is 21.9 Å². The summed E-state index contributed by atoms with van der Waals surface area (Å²) in [5.41, 5.74) is -2.14. The van der Waals surface area contributed by atoms with Crippen molar-refractivity contribution in [3.05, 3.63) is 27.5 Å². The van der Waals surface area contributed by atoms with Crippen molar-refractivity contribution in [3.8, 4) is 5.88 Å². The third-order valence-electron chi connectivity index (χ3n) is 1.70. The summed E-state index contributed by atoms with van der Waals surface area (Å²) in [5.74, 6) is -2.94. The number of pyridine rings is 1. The quantitative estimate of drug-likeness (QED) is 0.834. The molecule has 0 aliphatic rings. The maximum Gasteiger partial charge on any atom is 0.574 e. The van der Waals surface area contributed by atoms with E-state index >= 15 is 0 Å². The summed E-state index contributed by atoms with van der Waals surface area (Å²) in [6, 6.07) is 0. The van der Waals surface area contributed by atoms with Crippen LogP contribution in [0.2, 0.25) is 0 Å². The highest BCUT2D eigenvalue weighted by Crippen LogP contribution is 2.23. The first-order valence-electron chi connectivity index (χ1n) is 4.06. The van der Waals surface area contributed by atoms with Crippen molar-refractivity contribution in [3.63, 3.8) is 0 Å². The van der Waals surface area contributed by atoms with Crippen LogP contribution in [-0.2, 0) is 5.33 Å². The van der Waals surface area contributed by atoms with Crippen LogP contribution in [0.3, 0.4) is 0 Å². The molecule has 0 spiro atoms. The number of H-pyrrole nitrogens is 1. The lowest BCUT2D eigenvalue weighted by Crippen LogP contribution is -2.25. The molecule has 0 fully saturated rings. The van der Waals surface area contributed by atoms with E-state index in [0.29, 0.717) is 0 Å². The van der Waals surface area contributed by atoms with Crippen molar-refractivity contribution in [2.24, 2.45) is 0 Å². The molecule has 0 unspecified atom stereocenters. The minimum absolute atomic E-state index is 0.00884. The summed E-state index contributed by atoms with van der Waals surface area (Å²) in [5, 5.41) is 8.69. The van der Waals surface area contributed by atoms with Crippen LogP contribution >= 0.6 is 15.9 Å². The molecular weight excluding hydrogens is 311 g/mol. The third kappa shape index (κ3) is 3.22. The Kier molecular flexibility index (Phi) is 3.81. The summed E-state index contributed by atoms with van der Waals surface area (Å²) in [6.07, 6.45) is -4.13. The van der Waals surface area contributed by atoms with Crippen LogP contribution in [0.1, 0.15) is 15.9 Å². The van der Waals surface area contributed by atoms with Gasteiger partial charge in [0, 0.05) is 17.1 Å². The number of carbonyl (C=O) groups is 1. The number of aromatic carboxylic acids is 1. The molecule has 0 aromatic carbocycles. The zero-order valence-corrected chi connectivity index (χ0v) is 9.55. The Labute approximate surface area is 100 Å². The molecule has 0 aliphatic heterocycles. The van der Waals surface area contributed by atoms with E-state index in [4.69, 9.17) is 5.11 Å². The zero-order chi connectivity index (χ0) is 13.2. The van der Waals surface area contributed by atoms with Crippen LogP contribution in [0.4, 0.5) is 13.2 Å². The number of aromatic amines is 1. The minimum atomic E-state index is -5.08. The number of aromatic nitrogens is 1. The standard InChI is InChI=1S/C8H5BrF3NO4/c9-1-3-2-13-6(17-8(10,11)12)4(5(3)14)7(15)16/h2H,1H2,(H,13,14)(H,15,16). The molecule has 0 saturated carbocycles. The molecule has 2 N–H and O–H groups in total. The number of rotatable bonds is 3. The lowest BCUT2D eigenvalue weighted by atomic mass is 10.2. The molecule has 9 heteroatoms. The van der Waals surface area contributed by atoms with Crippen molar-refractivity contribution < 1.29 is 27.8 Å². The highest BCUT2D eigenvalue weighted by molar-refractivity contribution is 9.08. The average Bonchev–Trinajstić information content (AvgIpc) is 2.14. The van der Waals surface area contributed by atoms with Gasteiger partial charge in [-0.3, -0.25) is 4.79 Å². The molecule has 1 rings (SSSR count). The first-order valence-corrected chi connectivity index (χ1v) is 5.18. The lowest BCUT2D eigenvalue weighted by Gasteiger charge is -2.11. The van der Waals surface area contributed by atoms with E-state index < -0.39 is 29.2 Å². The first-order chi connectivity index (χ1) is 7.76. The predicted octanol–water partition coefficient (Wildman–Crippen LogP) is 1.87. The highest BCUT2D eigenvalue weighted by Gasteiger charge is 2.34. The van der Waals surface area contributed by atoms with Gasteiger partial charge in [-0.15, -0.1) is 13.2 Å². The van der Waals surface area contributed by atoms with Gasteiger partial charge in [0.1, 0.15) is 0 Å². The number of nitrogens with one attached hydrogen (secondary N) is 1. The third-order valence-corrected chi connectivity index (χ3v) is 2.30. The molecule has 0 amide bonds. The Morgan fingerprint density at radius 3 is 2.53 bits per heavy atom. The molecular formula is C8H5BrF3NO4. The molecule has 94 valence electrons. The molecule has 17 heavy (non-hydrogen) atoms. The number of hydrogen-bond acceptors (Lipinski definition) is 3. The Morgan fingerprint density at radius 2 is 2.12 bits per heavy atom. The molecule has 5 nitrogen and oxygen atoms in total. The van der Waals surface area contributed by atoms with Crippen molar-refractivity contribution in [1.29, 1.82) is 0 Å². The SMILES string of the molecule is O=C(O)c1c(OC(F)(F)F)[nH]cc(CBr)c1=O. The van der Waals surface area contributed by atoms with Crippen LogP contribution in [0.5, 0.6) is 5.88 Å². The lowest BCUT2D eigenvalue weighted by molar-refractivity contribution is -0.276. The fraction of sp³-hybridized carbons (Fsp3) is 0.250. The summed E-state index contributed by atoms with van der Waals surface area (Å²) in [6.45, 7) is 0. The smallest absolute Gasteiger partial charge is 0.477 e. The molecule has 0 bridgehead atoms. The van der Waals surface area contributed by atoms with Crippen molar-refractivity contribution in [2.75, 3.05) is 0 Å². The fourth-order valence-corrected chi connectivity index (χ4v) is 1.46. The van der Waals surface area contributed by atoms with Gasteiger partial charge in [0.25, 0.3) is 0 Å². The van der Waals surface area contributed by atoms with Crippen molar-refractivity contribution in [2.45, 2.75) is 11.7 Å². The molecule has 0 atom stereocenters. The van der Waals surface area contributed by atoms with Gasteiger partial charge in [-0.1, -0.05) is 15.9 Å². The second-order valence-electron chi connectivity index (χ2n) is 2.83. The molecule has 0 radical (unpaired) electrons. The molecule has 0 aliphatic carbocycles. The largest absolute Gasteiger partial charge is 0.574 e. The maximum absolute atomic E-state index is 12.0. The molecule has 1 aromatic rings. The fourth-order valence-electron chi connectivity index (χ4n) is 1.04. The number of alkyl halides is 4. The van der Waals surface area contributed by atoms with E-state index in [1.54, 1.807) is 0 Å². The van der Waals surface area contributed by atoms with E-state index in [0.717, 1.165) is 6.20 Å². The van der Waals surface area contributed by atoms with E-state index in [1.165, 1.54) is 0 Å². The second-order valence-corrected chi connectivity index (χ2v) is 3.39. The number of ether oxygens (including phenoxy) is 1. The minimum Gasteiger partial charge on any atom is -0.477 e. The predicted molar refractivity (Wildman–Crippen MR) is 53.3 cm³/mol. The van der Waals surface area contributed by atoms with Gasteiger partial charge < -0.3 is 14.8 Å². The van der Waals surface area contributed by atoms with Crippen LogP contribution in [0, 0.1) is 0 Å². The van der Waals surface area contributed by atoms with Gasteiger partial charge in [0.2, 0.25) is 11.3 Å². The number of carboxylic acids is 1. The number of hydrogen-bond donors (Lipinski definition) is 2. The van der Waals surface area contributed by atoms with Crippen molar-refractivity contribution in [1.82, 2.24) is 4.98 Å². The Hall–Kier alpha value is -1.51. The molecule has 1 aromatic heterocycles. The van der Waals surface area contributed by atoms with Crippen LogP contribution in [0.25, 0.3) is 0 Å². The van der Waals surface area contributed by atoms with Gasteiger partial charge in [0.15, 0.2) is 5.56 Å². The highest BCUT2D eigenvalue weighted by atomic mass is 79.9. The van der Waals surface area contributed by atoms with Crippen LogP contribution in [-0.4, -0.2) is 22.4 Å². The topological polar surface area (TPSA) is 79.4 Å². The maximum atomic E-state index is 12.0. The van der Waals surface area contributed by atoms with E-state index in [9.17, 15) is 22.8 Å². The van der Waals surface area contributed by atoms with Crippen LogP contribution < -0.4 is 10.2 Å². The van der Waals surface area contributed by atoms with E-state index in [1.807, 2.05) is 4.98 Å². The van der Waals surface area contributed by atoms with Gasteiger partial charge in [-0.2, -0.15) is 0 Å². The van der Waals surface area contributed by atoms with Gasteiger partial charge >= 0.3 is 12.3 Å². The normalized spacial score (nSPS) is 11.3. The van der Waals surface area contributed by atoms with Gasteiger partial charge in [-0.25, -0.2) is 4.79 Å². The molecule has 1 heterocycles. The van der Waals surface area contributed by atoms with Gasteiger partial charge in [0.05, 0.1) is 0 Å². The Bertz CT molecular complexity index is 497. The second kappa shape index (κ2) is 4.78. The Balaban J connectivity index is 3.37. The summed E-state index contributed by atoms with van der Waals surface area (Å²) in [4.78, 5) is 24.2. The average molecular weight is 316 g/mol. The van der Waals surface area contributed by atoms with Crippen LogP contribution in [0.15, 0.2) is 11.0 Å². The summed E-state index contributed by atoms with van der Waals surface area (Å²) < 4.78 is 39.3.